The summed E-state index contributed by atoms with van der Waals surface area (Å²) in [6, 6.07) is 11.5. The molecule has 20 heavy (non-hydrogen) atoms. The Kier molecular flexibility index (Phi) is 4.94. The van der Waals surface area contributed by atoms with E-state index in [9.17, 15) is 9.00 Å². The third-order valence-corrected chi connectivity index (χ3v) is 4.97. The van der Waals surface area contributed by atoms with Crippen molar-refractivity contribution in [3.8, 4) is 0 Å². The highest BCUT2D eigenvalue weighted by Crippen LogP contribution is 2.20. The van der Waals surface area contributed by atoms with E-state index in [1.807, 2.05) is 37.3 Å². The first-order chi connectivity index (χ1) is 9.47. The van der Waals surface area contributed by atoms with E-state index < -0.39 is 10.8 Å². The van der Waals surface area contributed by atoms with Crippen molar-refractivity contribution in [2.75, 3.05) is 12.8 Å². The zero-order valence-corrected chi connectivity index (χ0v) is 13.8. The SMILES string of the molecule is CC(CNC(=O)c1ccc2cc(Br)ccc2c1)S(C)=O. The molecule has 1 N–H and O–H groups in total. The number of hydrogen-bond donors (Lipinski definition) is 1. The van der Waals surface area contributed by atoms with Crippen molar-refractivity contribution in [3.05, 3.63) is 46.4 Å². The van der Waals surface area contributed by atoms with Gasteiger partial charge in [0.15, 0.2) is 0 Å². The molecule has 0 spiro atoms. The van der Waals surface area contributed by atoms with E-state index in [1.54, 1.807) is 12.3 Å². The van der Waals surface area contributed by atoms with Gasteiger partial charge in [-0.2, -0.15) is 0 Å². The molecule has 1 amide bonds. The van der Waals surface area contributed by atoms with Gasteiger partial charge in [0.05, 0.1) is 0 Å². The second kappa shape index (κ2) is 6.50. The minimum Gasteiger partial charge on any atom is -0.351 e. The smallest absolute Gasteiger partial charge is 0.251 e. The lowest BCUT2D eigenvalue weighted by molar-refractivity contribution is 0.0954. The highest BCUT2D eigenvalue weighted by molar-refractivity contribution is 9.10. The molecular formula is C15H16BrNO2S. The molecule has 0 bridgehead atoms. The van der Waals surface area contributed by atoms with Crippen molar-refractivity contribution in [2.45, 2.75) is 12.2 Å². The van der Waals surface area contributed by atoms with Crippen LogP contribution in [-0.2, 0) is 10.8 Å². The van der Waals surface area contributed by atoms with Crippen molar-refractivity contribution in [3.63, 3.8) is 0 Å². The molecule has 3 nitrogen and oxygen atoms in total. The Morgan fingerprint density at radius 1 is 1.25 bits per heavy atom. The summed E-state index contributed by atoms with van der Waals surface area (Å²) in [5, 5.41) is 4.87. The highest BCUT2D eigenvalue weighted by Gasteiger charge is 2.10. The van der Waals surface area contributed by atoms with Crippen molar-refractivity contribution in [1.29, 1.82) is 0 Å². The first kappa shape index (κ1) is 15.2. The van der Waals surface area contributed by atoms with Crippen LogP contribution in [0.4, 0.5) is 0 Å². The van der Waals surface area contributed by atoms with Crippen LogP contribution >= 0.6 is 15.9 Å². The number of benzene rings is 2. The van der Waals surface area contributed by atoms with Gasteiger partial charge >= 0.3 is 0 Å². The van der Waals surface area contributed by atoms with Gasteiger partial charge in [-0.1, -0.05) is 28.1 Å². The summed E-state index contributed by atoms with van der Waals surface area (Å²) in [5.41, 5.74) is 0.619. The van der Waals surface area contributed by atoms with Crippen molar-refractivity contribution < 1.29 is 9.00 Å². The number of nitrogens with one attached hydrogen (secondary N) is 1. The summed E-state index contributed by atoms with van der Waals surface area (Å²) < 4.78 is 12.3. The molecule has 0 fully saturated rings. The summed E-state index contributed by atoms with van der Waals surface area (Å²) in [6.07, 6.45) is 1.64. The van der Waals surface area contributed by atoms with Crippen LogP contribution in [0.2, 0.25) is 0 Å². The van der Waals surface area contributed by atoms with Gasteiger partial charge in [0, 0.05) is 38.9 Å². The Balaban J connectivity index is 2.14. The molecule has 0 aromatic heterocycles. The van der Waals surface area contributed by atoms with Gasteiger partial charge in [-0.3, -0.25) is 9.00 Å². The van der Waals surface area contributed by atoms with Crippen LogP contribution in [0.1, 0.15) is 17.3 Å². The molecule has 0 saturated carbocycles. The van der Waals surface area contributed by atoms with Gasteiger partial charge < -0.3 is 5.32 Å². The average molecular weight is 354 g/mol. The number of hydrogen-bond acceptors (Lipinski definition) is 2. The number of rotatable bonds is 4. The van der Waals surface area contributed by atoms with Crippen molar-refractivity contribution in [2.24, 2.45) is 0 Å². The van der Waals surface area contributed by atoms with E-state index in [1.165, 1.54) is 0 Å². The van der Waals surface area contributed by atoms with Gasteiger partial charge in [-0.15, -0.1) is 0 Å². The third-order valence-electron chi connectivity index (χ3n) is 3.18. The molecule has 0 aliphatic rings. The fraction of sp³-hybridized carbons (Fsp3) is 0.267. The molecule has 0 saturated heterocycles. The van der Waals surface area contributed by atoms with Crippen molar-refractivity contribution in [1.82, 2.24) is 5.32 Å². The van der Waals surface area contributed by atoms with Gasteiger partial charge in [0.1, 0.15) is 0 Å². The minimum absolute atomic E-state index is 0.0460. The Morgan fingerprint density at radius 3 is 2.60 bits per heavy atom. The summed E-state index contributed by atoms with van der Waals surface area (Å²) in [5.74, 6) is -0.132. The van der Waals surface area contributed by atoms with Crippen LogP contribution in [0.5, 0.6) is 0 Å². The fourth-order valence-corrected chi connectivity index (χ4v) is 2.51. The highest BCUT2D eigenvalue weighted by atomic mass is 79.9. The van der Waals surface area contributed by atoms with Gasteiger partial charge in [0.25, 0.3) is 5.91 Å². The first-order valence-electron chi connectivity index (χ1n) is 6.27. The number of amides is 1. The second-order valence-electron chi connectivity index (χ2n) is 4.73. The summed E-state index contributed by atoms with van der Waals surface area (Å²) in [6.45, 7) is 2.27. The first-order valence-corrected chi connectivity index (χ1v) is 8.68. The van der Waals surface area contributed by atoms with Crippen molar-refractivity contribution >= 4 is 43.4 Å². The predicted octanol–water partition coefficient (Wildman–Crippen LogP) is 3.10. The lowest BCUT2D eigenvalue weighted by atomic mass is 10.1. The topological polar surface area (TPSA) is 46.2 Å². The fourth-order valence-electron chi connectivity index (χ4n) is 1.81. The molecular weight excluding hydrogens is 338 g/mol. The summed E-state index contributed by atoms with van der Waals surface area (Å²) in [4.78, 5) is 12.1. The van der Waals surface area contributed by atoms with Crippen LogP contribution in [0.3, 0.4) is 0 Å². The maximum absolute atomic E-state index is 12.1. The van der Waals surface area contributed by atoms with Crippen LogP contribution in [-0.4, -0.2) is 28.2 Å². The van der Waals surface area contributed by atoms with E-state index in [-0.39, 0.29) is 11.2 Å². The molecule has 2 aromatic carbocycles. The van der Waals surface area contributed by atoms with Crippen LogP contribution in [0.25, 0.3) is 10.8 Å². The normalized spacial score (nSPS) is 13.9. The number of carbonyl (C=O) groups is 1. The molecule has 106 valence electrons. The van der Waals surface area contributed by atoms with E-state index in [4.69, 9.17) is 0 Å². The molecule has 0 aliphatic carbocycles. The zero-order chi connectivity index (χ0) is 14.7. The Bertz CT molecular complexity index is 672. The largest absolute Gasteiger partial charge is 0.351 e. The Morgan fingerprint density at radius 2 is 1.90 bits per heavy atom. The predicted molar refractivity (Wildman–Crippen MR) is 87.5 cm³/mol. The third kappa shape index (κ3) is 3.67. The van der Waals surface area contributed by atoms with Crippen LogP contribution in [0.15, 0.2) is 40.9 Å². The standard InChI is InChI=1S/C15H16BrNO2S/c1-10(20(2)19)9-17-15(18)13-4-3-12-8-14(16)6-5-11(12)7-13/h3-8,10H,9H2,1-2H3,(H,17,18). The van der Waals surface area contributed by atoms with Crippen LogP contribution in [0, 0.1) is 0 Å². The van der Waals surface area contributed by atoms with E-state index in [0.717, 1.165) is 15.2 Å². The quantitative estimate of drug-likeness (QED) is 0.917. The monoisotopic (exact) mass is 353 g/mol. The molecule has 2 aromatic rings. The lowest BCUT2D eigenvalue weighted by Crippen LogP contribution is -2.32. The Hall–Kier alpha value is -1.20. The molecule has 0 heterocycles. The van der Waals surface area contributed by atoms with E-state index in [2.05, 4.69) is 21.2 Å². The van der Waals surface area contributed by atoms with Crippen LogP contribution < -0.4 is 5.32 Å². The molecule has 2 rings (SSSR count). The second-order valence-corrected chi connectivity index (χ2v) is 7.44. The number of carbonyl (C=O) groups excluding carboxylic acids is 1. The van der Waals surface area contributed by atoms with Gasteiger partial charge in [-0.25, -0.2) is 0 Å². The number of fused-ring (bicyclic) bond motifs is 1. The molecule has 0 radical (unpaired) electrons. The molecule has 0 aliphatic heterocycles. The molecule has 5 heteroatoms. The van der Waals surface area contributed by atoms with Gasteiger partial charge in [-0.05, 0) is 42.0 Å². The van der Waals surface area contributed by atoms with Gasteiger partial charge in [0.2, 0.25) is 0 Å². The minimum atomic E-state index is -0.928. The molecule has 2 atom stereocenters. The van der Waals surface area contributed by atoms with E-state index >= 15 is 0 Å². The lowest BCUT2D eigenvalue weighted by Gasteiger charge is -2.10. The number of halogens is 1. The van der Waals surface area contributed by atoms with E-state index in [0.29, 0.717) is 12.1 Å². The zero-order valence-electron chi connectivity index (χ0n) is 11.4. The summed E-state index contributed by atoms with van der Waals surface area (Å²) >= 11 is 3.43. The maximum atomic E-state index is 12.1. The maximum Gasteiger partial charge on any atom is 0.251 e. The average Bonchev–Trinajstić information content (AvgIpc) is 2.43. The Labute approximate surface area is 129 Å². The summed E-state index contributed by atoms with van der Waals surface area (Å²) in [7, 11) is -0.928. The molecule has 2 unspecified atom stereocenters.